The van der Waals surface area contributed by atoms with Gasteiger partial charge >= 0.3 is 5.97 Å². The van der Waals surface area contributed by atoms with Crippen molar-refractivity contribution in [1.29, 1.82) is 0 Å². The van der Waals surface area contributed by atoms with Crippen molar-refractivity contribution in [3.8, 4) is 5.75 Å². The molecule has 0 aliphatic heterocycles. The Kier molecular flexibility index (Phi) is 5.45. The highest BCUT2D eigenvalue weighted by Crippen LogP contribution is 2.15. The van der Waals surface area contributed by atoms with Crippen LogP contribution in [0.4, 0.5) is 0 Å². The molecule has 0 bridgehead atoms. The van der Waals surface area contributed by atoms with E-state index in [2.05, 4.69) is 22.6 Å². The van der Waals surface area contributed by atoms with Crippen LogP contribution >= 0.6 is 22.6 Å². The summed E-state index contributed by atoms with van der Waals surface area (Å²) in [6.45, 7) is 0.577. The smallest absolute Gasteiger partial charge is 0.303 e. The lowest BCUT2D eigenvalue weighted by atomic mass is 10.2. The van der Waals surface area contributed by atoms with Gasteiger partial charge in [-0.15, -0.1) is 0 Å². The van der Waals surface area contributed by atoms with Gasteiger partial charge in [0.2, 0.25) is 0 Å². The molecule has 1 rings (SSSR count). The lowest BCUT2D eigenvalue weighted by molar-refractivity contribution is -0.137. The van der Waals surface area contributed by atoms with Gasteiger partial charge in [0, 0.05) is 9.99 Å². The van der Waals surface area contributed by atoms with Crippen molar-refractivity contribution >= 4 is 28.6 Å². The molecule has 0 amide bonds. The average molecular weight is 320 g/mol. The molecule has 15 heavy (non-hydrogen) atoms. The van der Waals surface area contributed by atoms with E-state index in [1.165, 1.54) is 0 Å². The van der Waals surface area contributed by atoms with Crippen LogP contribution in [0.1, 0.15) is 19.3 Å². The minimum absolute atomic E-state index is 0.218. The van der Waals surface area contributed by atoms with E-state index in [4.69, 9.17) is 9.84 Å². The minimum atomic E-state index is -0.746. The first-order valence-corrected chi connectivity index (χ1v) is 5.86. The summed E-state index contributed by atoms with van der Waals surface area (Å²) in [6, 6.07) is 7.79. The second-order valence-corrected chi connectivity index (χ2v) is 4.40. The summed E-state index contributed by atoms with van der Waals surface area (Å²) in [4.78, 5) is 10.2. The Morgan fingerprint density at radius 2 is 2.20 bits per heavy atom. The molecule has 1 aromatic carbocycles. The van der Waals surface area contributed by atoms with Crippen LogP contribution in [0.15, 0.2) is 24.3 Å². The first-order chi connectivity index (χ1) is 7.18. The van der Waals surface area contributed by atoms with E-state index >= 15 is 0 Å². The SMILES string of the molecule is O=C(O)CCCCOc1cccc(I)c1. The number of hydrogen-bond acceptors (Lipinski definition) is 2. The van der Waals surface area contributed by atoms with Crippen molar-refractivity contribution in [1.82, 2.24) is 0 Å². The second kappa shape index (κ2) is 6.66. The first-order valence-electron chi connectivity index (χ1n) is 4.78. The van der Waals surface area contributed by atoms with Crippen LogP contribution in [0, 0.1) is 3.57 Å². The van der Waals surface area contributed by atoms with E-state index in [1.54, 1.807) is 0 Å². The zero-order valence-corrected chi connectivity index (χ0v) is 10.4. The second-order valence-electron chi connectivity index (χ2n) is 3.16. The van der Waals surface area contributed by atoms with Crippen LogP contribution in [0.25, 0.3) is 0 Å². The maximum absolute atomic E-state index is 10.2. The summed E-state index contributed by atoms with van der Waals surface area (Å²) in [5.41, 5.74) is 0. The van der Waals surface area contributed by atoms with Gasteiger partial charge in [-0.2, -0.15) is 0 Å². The van der Waals surface area contributed by atoms with E-state index in [0.29, 0.717) is 13.0 Å². The third-order valence-corrected chi connectivity index (χ3v) is 2.52. The predicted octanol–water partition coefficient (Wildman–Crippen LogP) is 2.92. The van der Waals surface area contributed by atoms with Gasteiger partial charge in [-0.05, 0) is 53.6 Å². The van der Waals surface area contributed by atoms with E-state index in [-0.39, 0.29) is 6.42 Å². The number of ether oxygens (including phenoxy) is 1. The number of carbonyl (C=O) groups is 1. The molecule has 0 aliphatic rings. The van der Waals surface area contributed by atoms with Gasteiger partial charge in [0.15, 0.2) is 0 Å². The number of unbranched alkanes of at least 4 members (excludes halogenated alkanes) is 1. The third-order valence-electron chi connectivity index (χ3n) is 1.85. The molecule has 0 atom stereocenters. The van der Waals surface area contributed by atoms with Crippen molar-refractivity contribution in [2.24, 2.45) is 0 Å². The molecule has 0 heterocycles. The lowest BCUT2D eigenvalue weighted by Gasteiger charge is -2.05. The molecule has 0 spiro atoms. The predicted molar refractivity (Wildman–Crippen MR) is 66.1 cm³/mol. The van der Waals surface area contributed by atoms with Crippen LogP contribution in [-0.2, 0) is 4.79 Å². The van der Waals surface area contributed by atoms with Crippen LogP contribution in [0.5, 0.6) is 5.75 Å². The molecular formula is C11H13IO3. The van der Waals surface area contributed by atoms with Gasteiger partial charge in [-0.25, -0.2) is 0 Å². The number of aliphatic carboxylic acids is 1. The molecule has 1 N–H and O–H groups in total. The number of rotatable bonds is 6. The molecule has 4 heteroatoms. The van der Waals surface area contributed by atoms with Gasteiger partial charge in [0.1, 0.15) is 5.75 Å². The maximum atomic E-state index is 10.2. The molecule has 0 saturated carbocycles. The molecule has 0 unspecified atom stereocenters. The third kappa shape index (κ3) is 5.61. The minimum Gasteiger partial charge on any atom is -0.494 e. The molecular weight excluding hydrogens is 307 g/mol. The molecule has 3 nitrogen and oxygen atoms in total. The van der Waals surface area contributed by atoms with Crippen LogP contribution in [0.3, 0.4) is 0 Å². The zero-order chi connectivity index (χ0) is 11.1. The fraction of sp³-hybridized carbons (Fsp3) is 0.364. The van der Waals surface area contributed by atoms with Crippen LogP contribution in [0.2, 0.25) is 0 Å². The summed E-state index contributed by atoms with van der Waals surface area (Å²) < 4.78 is 6.61. The van der Waals surface area contributed by atoms with Crippen molar-refractivity contribution in [2.75, 3.05) is 6.61 Å². The Labute approximate surface area is 103 Å². The number of benzene rings is 1. The first kappa shape index (κ1) is 12.3. The normalized spacial score (nSPS) is 9.93. The van der Waals surface area contributed by atoms with Gasteiger partial charge in [0.05, 0.1) is 6.61 Å². The molecule has 0 saturated heterocycles. The van der Waals surface area contributed by atoms with Gasteiger partial charge < -0.3 is 9.84 Å². The average Bonchev–Trinajstić information content (AvgIpc) is 2.17. The van der Waals surface area contributed by atoms with Gasteiger partial charge in [-0.3, -0.25) is 4.79 Å². The molecule has 0 radical (unpaired) electrons. The highest BCUT2D eigenvalue weighted by molar-refractivity contribution is 14.1. The van der Waals surface area contributed by atoms with Crippen molar-refractivity contribution in [3.05, 3.63) is 27.8 Å². The number of carboxylic acids is 1. The highest BCUT2D eigenvalue weighted by atomic mass is 127. The van der Waals surface area contributed by atoms with E-state index in [1.807, 2.05) is 24.3 Å². The van der Waals surface area contributed by atoms with Gasteiger partial charge in [0.25, 0.3) is 0 Å². The summed E-state index contributed by atoms with van der Waals surface area (Å²) in [7, 11) is 0. The number of carboxylic acid groups (broad SMARTS) is 1. The molecule has 1 aromatic rings. The molecule has 0 aromatic heterocycles. The summed E-state index contributed by atoms with van der Waals surface area (Å²) >= 11 is 2.22. The van der Waals surface area contributed by atoms with Crippen molar-refractivity contribution < 1.29 is 14.6 Å². The lowest BCUT2D eigenvalue weighted by Crippen LogP contribution is -2.00. The fourth-order valence-electron chi connectivity index (χ4n) is 1.13. The quantitative estimate of drug-likeness (QED) is 0.647. The van der Waals surface area contributed by atoms with E-state index < -0.39 is 5.97 Å². The number of halogens is 1. The van der Waals surface area contributed by atoms with Crippen LogP contribution < -0.4 is 4.74 Å². The maximum Gasteiger partial charge on any atom is 0.303 e. The monoisotopic (exact) mass is 320 g/mol. The Morgan fingerprint density at radius 3 is 2.87 bits per heavy atom. The summed E-state index contributed by atoms with van der Waals surface area (Å²) in [5.74, 6) is 0.0986. The molecule has 0 aliphatic carbocycles. The zero-order valence-electron chi connectivity index (χ0n) is 8.28. The van der Waals surface area contributed by atoms with Crippen molar-refractivity contribution in [3.63, 3.8) is 0 Å². The standard InChI is InChI=1S/C11H13IO3/c12-9-4-3-5-10(8-9)15-7-2-1-6-11(13)14/h3-5,8H,1-2,6-7H2,(H,13,14). The Hall–Kier alpha value is -0.780. The van der Waals surface area contributed by atoms with E-state index in [9.17, 15) is 4.79 Å². The molecule has 0 fully saturated rings. The van der Waals surface area contributed by atoms with E-state index in [0.717, 1.165) is 15.7 Å². The Balaban J connectivity index is 2.17. The largest absolute Gasteiger partial charge is 0.494 e. The Morgan fingerprint density at radius 1 is 1.40 bits per heavy atom. The Bertz CT molecular complexity index is 325. The summed E-state index contributed by atoms with van der Waals surface area (Å²) in [5, 5.41) is 8.42. The fourth-order valence-corrected chi connectivity index (χ4v) is 1.64. The van der Waals surface area contributed by atoms with Crippen molar-refractivity contribution in [2.45, 2.75) is 19.3 Å². The highest BCUT2D eigenvalue weighted by Gasteiger charge is 1.97. The van der Waals surface area contributed by atoms with Crippen LogP contribution in [-0.4, -0.2) is 17.7 Å². The summed E-state index contributed by atoms with van der Waals surface area (Å²) in [6.07, 6.45) is 1.66. The molecule has 82 valence electrons. The number of hydrogen-bond donors (Lipinski definition) is 1. The van der Waals surface area contributed by atoms with Gasteiger partial charge in [-0.1, -0.05) is 6.07 Å². The topological polar surface area (TPSA) is 46.5 Å².